The summed E-state index contributed by atoms with van der Waals surface area (Å²) in [6.45, 7) is 1.94. The molecular weight excluding hydrogens is 224 g/mol. The lowest BCUT2D eigenvalue weighted by Crippen LogP contribution is -2.12. The van der Waals surface area contributed by atoms with Gasteiger partial charge in [0.1, 0.15) is 5.82 Å². The molecule has 0 bridgehead atoms. The van der Waals surface area contributed by atoms with Gasteiger partial charge in [0, 0.05) is 6.20 Å². The number of imidazole rings is 1. The largest absolute Gasteiger partial charge is 0.322 e. The smallest absolute Gasteiger partial charge is 0.131 e. The van der Waals surface area contributed by atoms with E-state index in [1.165, 1.54) is 0 Å². The second-order valence-corrected chi connectivity index (χ2v) is 4.29. The number of rotatable bonds is 2. The summed E-state index contributed by atoms with van der Waals surface area (Å²) in [7, 11) is 0. The van der Waals surface area contributed by atoms with Crippen molar-refractivity contribution >= 4 is 11.0 Å². The topological polar surface area (TPSA) is 56.7 Å². The van der Waals surface area contributed by atoms with Gasteiger partial charge in [-0.3, -0.25) is 9.55 Å². The second-order valence-electron chi connectivity index (χ2n) is 4.29. The normalized spacial score (nSPS) is 12.8. The molecule has 0 fully saturated rings. The van der Waals surface area contributed by atoms with Gasteiger partial charge in [0.25, 0.3) is 0 Å². The number of pyridine rings is 1. The van der Waals surface area contributed by atoms with E-state index in [0.29, 0.717) is 0 Å². The zero-order valence-electron chi connectivity index (χ0n) is 10.1. The molecule has 0 unspecified atom stereocenters. The third-order valence-electron chi connectivity index (χ3n) is 2.90. The molecule has 3 aromatic rings. The summed E-state index contributed by atoms with van der Waals surface area (Å²) in [5.74, 6) is 0.851. The lowest BCUT2D eigenvalue weighted by molar-refractivity contribution is 0.726. The van der Waals surface area contributed by atoms with Gasteiger partial charge in [-0.05, 0) is 31.2 Å². The van der Waals surface area contributed by atoms with Crippen molar-refractivity contribution in [3.63, 3.8) is 0 Å². The van der Waals surface area contributed by atoms with E-state index in [-0.39, 0.29) is 6.04 Å². The van der Waals surface area contributed by atoms with E-state index >= 15 is 0 Å². The molecule has 0 saturated carbocycles. The van der Waals surface area contributed by atoms with E-state index in [9.17, 15) is 0 Å². The summed E-state index contributed by atoms with van der Waals surface area (Å²) < 4.78 is 2.06. The van der Waals surface area contributed by atoms with Crippen LogP contribution in [0.2, 0.25) is 0 Å². The molecule has 18 heavy (non-hydrogen) atoms. The number of benzene rings is 1. The van der Waals surface area contributed by atoms with Crippen molar-refractivity contribution in [1.29, 1.82) is 0 Å². The van der Waals surface area contributed by atoms with Crippen LogP contribution in [0.3, 0.4) is 0 Å². The van der Waals surface area contributed by atoms with Crippen LogP contribution in [0.5, 0.6) is 0 Å². The van der Waals surface area contributed by atoms with Crippen molar-refractivity contribution in [2.24, 2.45) is 5.73 Å². The third kappa shape index (κ3) is 1.67. The fourth-order valence-electron chi connectivity index (χ4n) is 2.11. The molecular formula is C14H14N4. The SMILES string of the molecule is C[C@@H](N)c1nc2ccccc2n1-c1cccnc1. The molecule has 90 valence electrons. The zero-order valence-corrected chi connectivity index (χ0v) is 10.1. The third-order valence-corrected chi connectivity index (χ3v) is 2.90. The predicted octanol–water partition coefficient (Wildman–Crippen LogP) is 2.44. The van der Waals surface area contributed by atoms with Gasteiger partial charge in [0.05, 0.1) is 29.0 Å². The molecule has 4 heteroatoms. The standard InChI is InChI=1S/C14H14N4/c1-10(15)14-17-12-6-2-3-7-13(12)18(14)11-5-4-8-16-9-11/h2-10H,15H2,1H3/t10-/m1/s1. The number of nitrogens with two attached hydrogens (primary N) is 1. The van der Waals surface area contributed by atoms with Crippen molar-refractivity contribution in [3.05, 3.63) is 54.6 Å². The summed E-state index contributed by atoms with van der Waals surface area (Å²) in [4.78, 5) is 8.76. The molecule has 0 saturated heterocycles. The highest BCUT2D eigenvalue weighted by molar-refractivity contribution is 5.78. The van der Waals surface area contributed by atoms with Crippen molar-refractivity contribution in [2.75, 3.05) is 0 Å². The van der Waals surface area contributed by atoms with Crippen LogP contribution in [0, 0.1) is 0 Å². The summed E-state index contributed by atoms with van der Waals surface area (Å²) in [5, 5.41) is 0. The number of hydrogen-bond acceptors (Lipinski definition) is 3. The van der Waals surface area contributed by atoms with E-state index in [1.807, 2.05) is 49.5 Å². The summed E-state index contributed by atoms with van der Waals surface area (Å²) in [6, 6.07) is 11.8. The van der Waals surface area contributed by atoms with Crippen LogP contribution in [0.15, 0.2) is 48.8 Å². The number of fused-ring (bicyclic) bond motifs is 1. The van der Waals surface area contributed by atoms with Crippen molar-refractivity contribution in [2.45, 2.75) is 13.0 Å². The van der Waals surface area contributed by atoms with Crippen LogP contribution in [0.4, 0.5) is 0 Å². The van der Waals surface area contributed by atoms with Gasteiger partial charge >= 0.3 is 0 Å². The quantitative estimate of drug-likeness (QED) is 0.746. The highest BCUT2D eigenvalue weighted by atomic mass is 15.1. The van der Waals surface area contributed by atoms with Crippen LogP contribution in [0.25, 0.3) is 16.7 Å². The maximum absolute atomic E-state index is 6.01. The first-order valence-corrected chi connectivity index (χ1v) is 5.91. The molecule has 1 aromatic carbocycles. The Morgan fingerprint density at radius 2 is 2.00 bits per heavy atom. The maximum atomic E-state index is 6.01. The van der Waals surface area contributed by atoms with Gasteiger partial charge in [-0.1, -0.05) is 12.1 Å². The minimum absolute atomic E-state index is 0.127. The second kappa shape index (κ2) is 4.23. The Morgan fingerprint density at radius 3 is 2.72 bits per heavy atom. The Bertz CT molecular complexity index is 671. The average Bonchev–Trinajstić information content (AvgIpc) is 2.79. The Kier molecular flexibility index (Phi) is 2.57. The minimum Gasteiger partial charge on any atom is -0.322 e. The first kappa shape index (κ1) is 10.9. The molecule has 2 heterocycles. The molecule has 1 atom stereocenters. The lowest BCUT2D eigenvalue weighted by Gasteiger charge is -2.10. The first-order valence-electron chi connectivity index (χ1n) is 5.91. The Balaban J connectivity index is 2.35. The molecule has 2 aromatic heterocycles. The van der Waals surface area contributed by atoms with Crippen LogP contribution in [0.1, 0.15) is 18.8 Å². The van der Waals surface area contributed by atoms with Crippen molar-refractivity contribution in [1.82, 2.24) is 14.5 Å². The molecule has 3 rings (SSSR count). The summed E-state index contributed by atoms with van der Waals surface area (Å²) in [6.07, 6.45) is 3.58. The van der Waals surface area contributed by atoms with Gasteiger partial charge in [0.15, 0.2) is 0 Å². The molecule has 4 nitrogen and oxygen atoms in total. The maximum Gasteiger partial charge on any atom is 0.131 e. The highest BCUT2D eigenvalue weighted by Gasteiger charge is 2.14. The average molecular weight is 238 g/mol. The Morgan fingerprint density at radius 1 is 1.17 bits per heavy atom. The fourth-order valence-corrected chi connectivity index (χ4v) is 2.11. The van der Waals surface area contributed by atoms with Gasteiger partial charge in [-0.15, -0.1) is 0 Å². The number of aromatic nitrogens is 3. The number of para-hydroxylation sites is 2. The van der Waals surface area contributed by atoms with Gasteiger partial charge in [-0.25, -0.2) is 4.98 Å². The van der Waals surface area contributed by atoms with Crippen LogP contribution in [-0.4, -0.2) is 14.5 Å². The van der Waals surface area contributed by atoms with E-state index in [0.717, 1.165) is 22.5 Å². The van der Waals surface area contributed by atoms with Gasteiger partial charge in [0.2, 0.25) is 0 Å². The lowest BCUT2D eigenvalue weighted by atomic mass is 10.3. The highest BCUT2D eigenvalue weighted by Crippen LogP contribution is 2.23. The summed E-state index contributed by atoms with van der Waals surface area (Å²) in [5.41, 5.74) is 9.00. The molecule has 0 amide bonds. The first-order chi connectivity index (χ1) is 8.77. The van der Waals surface area contributed by atoms with Crippen LogP contribution in [-0.2, 0) is 0 Å². The molecule has 2 N–H and O–H groups in total. The van der Waals surface area contributed by atoms with Crippen LogP contribution >= 0.6 is 0 Å². The Labute approximate surface area is 105 Å². The van der Waals surface area contributed by atoms with E-state index in [2.05, 4.69) is 14.5 Å². The van der Waals surface area contributed by atoms with E-state index in [4.69, 9.17) is 5.73 Å². The van der Waals surface area contributed by atoms with Crippen LogP contribution < -0.4 is 5.73 Å². The fraction of sp³-hybridized carbons (Fsp3) is 0.143. The molecule has 0 spiro atoms. The molecule has 0 aliphatic heterocycles. The molecule has 0 radical (unpaired) electrons. The monoisotopic (exact) mass is 238 g/mol. The number of nitrogens with zero attached hydrogens (tertiary/aromatic N) is 3. The molecule has 0 aliphatic rings. The van der Waals surface area contributed by atoms with Crippen molar-refractivity contribution in [3.8, 4) is 5.69 Å². The Hall–Kier alpha value is -2.20. The van der Waals surface area contributed by atoms with E-state index in [1.54, 1.807) is 6.20 Å². The number of hydrogen-bond donors (Lipinski definition) is 1. The predicted molar refractivity (Wildman–Crippen MR) is 71.5 cm³/mol. The van der Waals surface area contributed by atoms with Gasteiger partial charge in [-0.2, -0.15) is 0 Å². The van der Waals surface area contributed by atoms with Crippen molar-refractivity contribution < 1.29 is 0 Å². The van der Waals surface area contributed by atoms with Gasteiger partial charge < -0.3 is 5.73 Å². The summed E-state index contributed by atoms with van der Waals surface area (Å²) >= 11 is 0. The molecule has 0 aliphatic carbocycles. The van der Waals surface area contributed by atoms with E-state index < -0.39 is 0 Å². The minimum atomic E-state index is -0.127. The zero-order chi connectivity index (χ0) is 12.5.